The molecule has 1 aromatic carbocycles. The molecule has 0 aliphatic heterocycles. The zero-order valence-corrected chi connectivity index (χ0v) is 14.6. The van der Waals surface area contributed by atoms with Gasteiger partial charge in [-0.3, -0.25) is 9.59 Å². The molecule has 0 aliphatic rings. The summed E-state index contributed by atoms with van der Waals surface area (Å²) in [4.78, 5) is 29.3. The molecular formula is C17H19FN2O3S. The van der Waals surface area contributed by atoms with E-state index in [1.165, 1.54) is 23.5 Å². The van der Waals surface area contributed by atoms with Crippen LogP contribution in [0.15, 0.2) is 24.3 Å². The first-order valence-electron chi connectivity index (χ1n) is 7.56. The lowest BCUT2D eigenvalue weighted by atomic mass is 10.0. The fourth-order valence-electron chi connectivity index (χ4n) is 2.30. The second kappa shape index (κ2) is 8.01. The zero-order valence-electron chi connectivity index (χ0n) is 13.8. The van der Waals surface area contributed by atoms with Crippen LogP contribution in [0.1, 0.15) is 45.3 Å². The number of ether oxygens (including phenoxy) is 1. The van der Waals surface area contributed by atoms with Crippen molar-refractivity contribution in [2.75, 3.05) is 6.61 Å². The van der Waals surface area contributed by atoms with Gasteiger partial charge in [-0.2, -0.15) is 0 Å². The van der Waals surface area contributed by atoms with E-state index in [9.17, 15) is 14.0 Å². The van der Waals surface area contributed by atoms with Crippen molar-refractivity contribution in [2.24, 2.45) is 0 Å². The van der Waals surface area contributed by atoms with Crippen LogP contribution in [-0.2, 0) is 9.53 Å². The van der Waals surface area contributed by atoms with Gasteiger partial charge in [0.25, 0.3) is 5.91 Å². The van der Waals surface area contributed by atoms with Crippen molar-refractivity contribution < 1.29 is 18.7 Å². The Labute approximate surface area is 143 Å². The summed E-state index contributed by atoms with van der Waals surface area (Å²) in [5.41, 5.74) is 0.968. The summed E-state index contributed by atoms with van der Waals surface area (Å²) in [5, 5.41) is 3.59. The zero-order chi connectivity index (χ0) is 17.7. The molecule has 7 heteroatoms. The Morgan fingerprint density at radius 2 is 1.96 bits per heavy atom. The van der Waals surface area contributed by atoms with E-state index in [0.717, 1.165) is 9.88 Å². The van der Waals surface area contributed by atoms with Crippen LogP contribution in [0.25, 0.3) is 0 Å². The van der Waals surface area contributed by atoms with E-state index in [2.05, 4.69) is 10.3 Å². The molecule has 0 saturated carbocycles. The normalized spacial score (nSPS) is 11.8. The van der Waals surface area contributed by atoms with E-state index >= 15 is 0 Å². The molecule has 0 aliphatic carbocycles. The van der Waals surface area contributed by atoms with Gasteiger partial charge in [0.05, 0.1) is 24.1 Å². The number of rotatable bonds is 6. The molecule has 0 fully saturated rings. The summed E-state index contributed by atoms with van der Waals surface area (Å²) in [6.45, 7) is 5.61. The number of aryl methyl sites for hydroxylation is 2. The summed E-state index contributed by atoms with van der Waals surface area (Å²) in [5.74, 6) is -1.18. The highest BCUT2D eigenvalue weighted by Crippen LogP contribution is 2.21. The molecule has 1 atom stereocenters. The number of carbonyl (C=O) groups excluding carboxylic acids is 2. The number of thiazole rings is 1. The van der Waals surface area contributed by atoms with Crippen molar-refractivity contribution >= 4 is 23.2 Å². The number of aromatic nitrogens is 1. The molecule has 5 nitrogen and oxygen atoms in total. The summed E-state index contributed by atoms with van der Waals surface area (Å²) < 4.78 is 18.1. The van der Waals surface area contributed by atoms with E-state index in [0.29, 0.717) is 11.3 Å². The minimum Gasteiger partial charge on any atom is -0.466 e. The van der Waals surface area contributed by atoms with Gasteiger partial charge in [0.1, 0.15) is 11.5 Å². The summed E-state index contributed by atoms with van der Waals surface area (Å²) in [6, 6.07) is 5.05. The fraction of sp³-hybridized carbons (Fsp3) is 0.353. The highest BCUT2D eigenvalue weighted by Gasteiger charge is 2.22. The lowest BCUT2D eigenvalue weighted by Gasteiger charge is -2.18. The van der Waals surface area contributed by atoms with Gasteiger partial charge in [0.15, 0.2) is 0 Å². The van der Waals surface area contributed by atoms with Crippen molar-refractivity contribution in [3.63, 3.8) is 0 Å². The molecule has 0 bridgehead atoms. The SMILES string of the molecule is CCOC(=O)C[C@H](NC(=O)c1nc(C)sc1C)c1ccc(F)cc1. The Balaban J connectivity index is 2.21. The number of esters is 1. The molecule has 1 aromatic heterocycles. The number of halogens is 1. The summed E-state index contributed by atoms with van der Waals surface area (Å²) in [6.07, 6.45) is -0.0343. The third-order valence-corrected chi connectivity index (χ3v) is 4.26. The highest BCUT2D eigenvalue weighted by atomic mass is 32.1. The Bertz CT molecular complexity index is 728. The van der Waals surface area contributed by atoms with Gasteiger partial charge in [0, 0.05) is 4.88 Å². The molecular weight excluding hydrogens is 331 g/mol. The lowest BCUT2D eigenvalue weighted by Crippen LogP contribution is -2.31. The van der Waals surface area contributed by atoms with Crippen LogP contribution in [0, 0.1) is 19.7 Å². The van der Waals surface area contributed by atoms with E-state index in [4.69, 9.17) is 4.74 Å². The van der Waals surface area contributed by atoms with Gasteiger partial charge in [-0.05, 0) is 38.5 Å². The van der Waals surface area contributed by atoms with Crippen LogP contribution in [0.5, 0.6) is 0 Å². The highest BCUT2D eigenvalue weighted by molar-refractivity contribution is 7.11. The molecule has 24 heavy (non-hydrogen) atoms. The van der Waals surface area contributed by atoms with Crippen molar-refractivity contribution in [1.29, 1.82) is 0 Å². The fourth-order valence-corrected chi connectivity index (χ4v) is 3.12. The first-order valence-corrected chi connectivity index (χ1v) is 8.38. The number of nitrogens with one attached hydrogen (secondary N) is 1. The first kappa shape index (κ1) is 18.1. The topological polar surface area (TPSA) is 68.3 Å². The van der Waals surface area contributed by atoms with Crippen molar-refractivity contribution in [2.45, 2.75) is 33.2 Å². The van der Waals surface area contributed by atoms with Crippen LogP contribution in [-0.4, -0.2) is 23.5 Å². The van der Waals surface area contributed by atoms with Crippen molar-refractivity contribution in [3.05, 3.63) is 51.2 Å². The smallest absolute Gasteiger partial charge is 0.308 e. The van der Waals surface area contributed by atoms with E-state index in [-0.39, 0.29) is 24.8 Å². The second-order valence-corrected chi connectivity index (χ2v) is 6.63. The van der Waals surface area contributed by atoms with Gasteiger partial charge in [-0.25, -0.2) is 9.37 Å². The molecule has 1 N–H and O–H groups in total. The maximum atomic E-state index is 13.1. The third-order valence-electron chi connectivity index (χ3n) is 3.37. The van der Waals surface area contributed by atoms with E-state index in [1.54, 1.807) is 19.1 Å². The van der Waals surface area contributed by atoms with E-state index in [1.807, 2.05) is 13.8 Å². The molecule has 0 saturated heterocycles. The lowest BCUT2D eigenvalue weighted by molar-refractivity contribution is -0.143. The van der Waals surface area contributed by atoms with Crippen LogP contribution >= 0.6 is 11.3 Å². The van der Waals surface area contributed by atoms with Crippen LogP contribution in [0.3, 0.4) is 0 Å². The standard InChI is InChI=1S/C17H19FN2O3S/c1-4-23-15(21)9-14(12-5-7-13(18)8-6-12)20-17(22)16-10(2)24-11(3)19-16/h5-8,14H,4,9H2,1-3H3,(H,20,22)/t14-/m0/s1. The number of benzene rings is 1. The van der Waals surface area contributed by atoms with Crippen molar-refractivity contribution in [1.82, 2.24) is 10.3 Å². The molecule has 128 valence electrons. The molecule has 2 rings (SSSR count). The molecule has 0 radical (unpaired) electrons. The average Bonchev–Trinajstić information content (AvgIpc) is 2.86. The van der Waals surface area contributed by atoms with Crippen LogP contribution < -0.4 is 5.32 Å². The minimum atomic E-state index is -0.612. The van der Waals surface area contributed by atoms with Crippen LogP contribution in [0.2, 0.25) is 0 Å². The largest absolute Gasteiger partial charge is 0.466 e. The maximum absolute atomic E-state index is 13.1. The Kier molecular flexibility index (Phi) is 6.03. The number of hydrogen-bond donors (Lipinski definition) is 1. The quantitative estimate of drug-likeness (QED) is 0.812. The van der Waals surface area contributed by atoms with Gasteiger partial charge in [0.2, 0.25) is 0 Å². The number of carbonyl (C=O) groups is 2. The van der Waals surface area contributed by atoms with Crippen molar-refractivity contribution in [3.8, 4) is 0 Å². The van der Waals surface area contributed by atoms with Gasteiger partial charge < -0.3 is 10.1 Å². The first-order chi connectivity index (χ1) is 11.4. The Morgan fingerprint density at radius 3 is 2.50 bits per heavy atom. The Hall–Kier alpha value is -2.28. The summed E-state index contributed by atoms with van der Waals surface area (Å²) in [7, 11) is 0. The third kappa shape index (κ3) is 4.61. The van der Waals surface area contributed by atoms with Gasteiger partial charge in [-0.15, -0.1) is 11.3 Å². The second-order valence-electron chi connectivity index (χ2n) is 5.22. The maximum Gasteiger partial charge on any atom is 0.308 e. The minimum absolute atomic E-state index is 0.0343. The number of hydrogen-bond acceptors (Lipinski definition) is 5. The number of nitrogens with zero attached hydrogens (tertiary/aromatic N) is 1. The summed E-state index contributed by atoms with van der Waals surface area (Å²) >= 11 is 1.43. The van der Waals surface area contributed by atoms with Gasteiger partial charge in [-0.1, -0.05) is 12.1 Å². The molecule has 0 spiro atoms. The Morgan fingerprint density at radius 1 is 1.29 bits per heavy atom. The van der Waals surface area contributed by atoms with E-state index < -0.39 is 12.0 Å². The molecule has 1 amide bonds. The monoisotopic (exact) mass is 350 g/mol. The van der Waals surface area contributed by atoms with Crippen LogP contribution in [0.4, 0.5) is 4.39 Å². The predicted molar refractivity (Wildman–Crippen MR) is 89.4 cm³/mol. The molecule has 2 aromatic rings. The molecule has 1 heterocycles. The number of amides is 1. The average molecular weight is 350 g/mol. The molecule has 0 unspecified atom stereocenters. The predicted octanol–water partition coefficient (Wildman–Crippen LogP) is 3.32. The van der Waals surface area contributed by atoms with Gasteiger partial charge >= 0.3 is 5.97 Å².